The number of pyridine rings is 1. The van der Waals surface area contributed by atoms with E-state index in [2.05, 4.69) is 9.97 Å². The van der Waals surface area contributed by atoms with Crippen molar-refractivity contribution in [2.45, 2.75) is 31.4 Å². The second-order valence-electron chi connectivity index (χ2n) is 8.31. The number of rotatable bonds is 5. The van der Waals surface area contributed by atoms with Crippen molar-refractivity contribution in [2.24, 2.45) is 0 Å². The zero-order valence-corrected chi connectivity index (χ0v) is 18.0. The molecule has 8 heteroatoms. The van der Waals surface area contributed by atoms with Crippen LogP contribution in [0.3, 0.4) is 0 Å². The minimum absolute atomic E-state index is 0.00548. The van der Waals surface area contributed by atoms with Crippen LogP contribution >= 0.6 is 0 Å². The lowest BCUT2D eigenvalue weighted by molar-refractivity contribution is -0.134. The van der Waals surface area contributed by atoms with E-state index in [-0.39, 0.29) is 17.9 Å². The van der Waals surface area contributed by atoms with Gasteiger partial charge in [-0.05, 0) is 43.2 Å². The Kier molecular flexibility index (Phi) is 5.43. The van der Waals surface area contributed by atoms with Gasteiger partial charge in [-0.15, -0.1) is 0 Å². The number of nitrogens with one attached hydrogen (secondary N) is 1. The van der Waals surface area contributed by atoms with Gasteiger partial charge in [-0.1, -0.05) is 0 Å². The summed E-state index contributed by atoms with van der Waals surface area (Å²) in [7, 11) is 1.61. The van der Waals surface area contributed by atoms with Gasteiger partial charge in [0, 0.05) is 42.7 Å². The van der Waals surface area contributed by atoms with Crippen LogP contribution in [0.1, 0.15) is 29.8 Å². The molecule has 32 heavy (non-hydrogen) atoms. The molecule has 0 spiro atoms. The Morgan fingerprint density at radius 2 is 1.97 bits per heavy atom. The summed E-state index contributed by atoms with van der Waals surface area (Å²) < 4.78 is 11.4. The monoisotopic (exact) mass is 434 g/mol. The lowest BCUT2D eigenvalue weighted by atomic mass is 10.1. The molecule has 166 valence electrons. The van der Waals surface area contributed by atoms with Crippen LogP contribution in [0, 0.1) is 0 Å². The molecule has 2 aliphatic heterocycles. The lowest BCUT2D eigenvalue weighted by Gasteiger charge is -2.27. The number of aromatic amines is 1. The first kappa shape index (κ1) is 20.4. The van der Waals surface area contributed by atoms with Crippen LogP contribution in [-0.2, 0) is 4.79 Å². The molecule has 2 aromatic heterocycles. The van der Waals surface area contributed by atoms with Crippen LogP contribution in [0.5, 0.6) is 11.5 Å². The standard InChI is InChI=1S/C24H26N4O4/c1-31-17-7-6-16-11-21(26-20(16)12-17)23(29)28-15-19(32-18-5-4-8-25-14-18)13-22(28)24(30)27-9-2-3-10-27/h4-8,11-12,14,19,22,26H,2-3,9-10,13,15H2,1H3/t19-,22-/m0/s1. The highest BCUT2D eigenvalue weighted by atomic mass is 16.5. The maximum atomic E-state index is 13.5. The van der Waals surface area contributed by atoms with Crippen molar-refractivity contribution in [1.82, 2.24) is 19.8 Å². The summed E-state index contributed by atoms with van der Waals surface area (Å²) in [5.74, 6) is 1.16. The van der Waals surface area contributed by atoms with Crippen molar-refractivity contribution in [3.05, 3.63) is 54.5 Å². The van der Waals surface area contributed by atoms with Crippen LogP contribution in [-0.4, -0.2) is 70.5 Å². The zero-order chi connectivity index (χ0) is 22.1. The van der Waals surface area contributed by atoms with Crippen molar-refractivity contribution >= 4 is 22.7 Å². The van der Waals surface area contributed by atoms with Crippen LogP contribution < -0.4 is 9.47 Å². The Morgan fingerprint density at radius 1 is 1.12 bits per heavy atom. The number of nitrogens with zero attached hydrogens (tertiary/aromatic N) is 3. The average molecular weight is 434 g/mol. The summed E-state index contributed by atoms with van der Waals surface area (Å²) in [6.07, 6.45) is 5.53. The van der Waals surface area contributed by atoms with Crippen LogP contribution in [0.25, 0.3) is 10.9 Å². The van der Waals surface area contributed by atoms with Crippen molar-refractivity contribution < 1.29 is 19.1 Å². The van der Waals surface area contributed by atoms with E-state index in [1.54, 1.807) is 30.5 Å². The van der Waals surface area contributed by atoms with Gasteiger partial charge >= 0.3 is 0 Å². The molecule has 4 heterocycles. The Balaban J connectivity index is 1.41. The van der Waals surface area contributed by atoms with Crippen molar-refractivity contribution in [1.29, 1.82) is 0 Å². The number of likely N-dealkylation sites (tertiary alicyclic amines) is 2. The molecule has 5 rings (SSSR count). The molecular weight excluding hydrogens is 408 g/mol. The Labute approximate surface area is 186 Å². The summed E-state index contributed by atoms with van der Waals surface area (Å²) in [6, 6.07) is 10.5. The molecule has 1 aromatic carbocycles. The fourth-order valence-corrected chi connectivity index (χ4v) is 4.60. The molecule has 0 unspecified atom stereocenters. The predicted molar refractivity (Wildman–Crippen MR) is 119 cm³/mol. The van der Waals surface area contributed by atoms with E-state index in [0.717, 1.165) is 36.8 Å². The largest absolute Gasteiger partial charge is 0.497 e. The smallest absolute Gasteiger partial charge is 0.271 e. The van der Waals surface area contributed by atoms with Crippen LogP contribution in [0.2, 0.25) is 0 Å². The van der Waals surface area contributed by atoms with E-state index in [4.69, 9.17) is 9.47 Å². The first-order chi connectivity index (χ1) is 15.6. The summed E-state index contributed by atoms with van der Waals surface area (Å²) in [5, 5.41) is 0.916. The zero-order valence-electron chi connectivity index (χ0n) is 18.0. The number of amides is 2. The number of hydrogen-bond acceptors (Lipinski definition) is 5. The lowest BCUT2D eigenvalue weighted by Crippen LogP contribution is -2.47. The predicted octanol–water partition coefficient (Wildman–Crippen LogP) is 2.86. The molecule has 8 nitrogen and oxygen atoms in total. The van der Waals surface area contributed by atoms with E-state index in [1.807, 2.05) is 35.2 Å². The molecule has 0 radical (unpaired) electrons. The topological polar surface area (TPSA) is 87.8 Å². The van der Waals surface area contributed by atoms with Gasteiger partial charge in [-0.25, -0.2) is 0 Å². The average Bonchev–Trinajstić information content (AvgIpc) is 3.57. The molecule has 0 saturated carbocycles. The first-order valence-electron chi connectivity index (χ1n) is 11.0. The van der Waals surface area contributed by atoms with E-state index in [9.17, 15) is 9.59 Å². The molecule has 3 aromatic rings. The summed E-state index contributed by atoms with van der Waals surface area (Å²) in [4.78, 5) is 37.6. The number of carbonyl (C=O) groups is 2. The third-order valence-corrected chi connectivity index (χ3v) is 6.22. The van der Waals surface area contributed by atoms with Crippen molar-refractivity contribution in [3.8, 4) is 11.5 Å². The van der Waals surface area contributed by atoms with Gasteiger partial charge in [0.05, 0.1) is 19.9 Å². The first-order valence-corrected chi connectivity index (χ1v) is 11.0. The van der Waals surface area contributed by atoms with Crippen molar-refractivity contribution in [2.75, 3.05) is 26.7 Å². The van der Waals surface area contributed by atoms with Gasteiger partial charge in [-0.2, -0.15) is 0 Å². The number of carbonyl (C=O) groups excluding carboxylic acids is 2. The third-order valence-electron chi connectivity index (χ3n) is 6.22. The maximum absolute atomic E-state index is 13.5. The fraction of sp³-hybridized carbons (Fsp3) is 0.375. The maximum Gasteiger partial charge on any atom is 0.271 e. The highest BCUT2D eigenvalue weighted by molar-refractivity contribution is 6.00. The van der Waals surface area contributed by atoms with Gasteiger partial charge < -0.3 is 24.3 Å². The Bertz CT molecular complexity index is 1120. The van der Waals surface area contributed by atoms with Crippen LogP contribution in [0.15, 0.2) is 48.8 Å². The normalized spacial score (nSPS) is 20.7. The fourth-order valence-electron chi connectivity index (χ4n) is 4.60. The molecule has 2 aliphatic rings. The second kappa shape index (κ2) is 8.53. The SMILES string of the molecule is COc1ccc2cc(C(=O)N3C[C@@H](Oc4cccnc4)C[C@H]3C(=O)N3CCCC3)[nH]c2c1. The Hall–Kier alpha value is -3.55. The minimum atomic E-state index is -0.539. The number of hydrogen-bond donors (Lipinski definition) is 1. The quantitative estimate of drug-likeness (QED) is 0.667. The summed E-state index contributed by atoms with van der Waals surface area (Å²) >= 11 is 0. The summed E-state index contributed by atoms with van der Waals surface area (Å²) in [6.45, 7) is 1.84. The van der Waals surface area contributed by atoms with Gasteiger partial charge in [0.2, 0.25) is 5.91 Å². The number of benzene rings is 1. The van der Waals surface area contributed by atoms with Gasteiger partial charge in [0.25, 0.3) is 5.91 Å². The second-order valence-corrected chi connectivity index (χ2v) is 8.31. The van der Waals surface area contributed by atoms with E-state index in [0.29, 0.717) is 30.2 Å². The molecule has 0 bridgehead atoms. The molecule has 2 atom stereocenters. The third kappa shape index (κ3) is 3.88. The highest BCUT2D eigenvalue weighted by Gasteiger charge is 2.43. The molecule has 2 fully saturated rings. The molecule has 2 amide bonds. The summed E-state index contributed by atoms with van der Waals surface area (Å²) in [5.41, 5.74) is 1.27. The molecule has 1 N–H and O–H groups in total. The molecule has 2 saturated heterocycles. The van der Waals surface area contributed by atoms with Crippen molar-refractivity contribution in [3.63, 3.8) is 0 Å². The van der Waals surface area contributed by atoms with Crippen LogP contribution in [0.4, 0.5) is 0 Å². The number of ether oxygens (including phenoxy) is 2. The minimum Gasteiger partial charge on any atom is -0.497 e. The molecule has 0 aliphatic carbocycles. The van der Waals surface area contributed by atoms with E-state index >= 15 is 0 Å². The van der Waals surface area contributed by atoms with Gasteiger partial charge in [0.15, 0.2) is 0 Å². The Morgan fingerprint density at radius 3 is 2.72 bits per heavy atom. The molecular formula is C24H26N4O4. The number of aromatic nitrogens is 2. The number of H-pyrrole nitrogens is 1. The van der Waals surface area contributed by atoms with E-state index in [1.165, 1.54) is 0 Å². The highest BCUT2D eigenvalue weighted by Crippen LogP contribution is 2.28. The van der Waals surface area contributed by atoms with E-state index < -0.39 is 6.04 Å². The number of methoxy groups -OCH3 is 1. The number of fused-ring (bicyclic) bond motifs is 1. The van der Waals surface area contributed by atoms with Gasteiger partial charge in [-0.3, -0.25) is 14.6 Å². The van der Waals surface area contributed by atoms with Gasteiger partial charge in [0.1, 0.15) is 29.3 Å².